The van der Waals surface area contributed by atoms with Crippen molar-refractivity contribution >= 4 is 14.9 Å². The van der Waals surface area contributed by atoms with Crippen molar-refractivity contribution in [3.63, 3.8) is 0 Å². The molecule has 12 heavy (non-hydrogen) atoms. The summed E-state index contributed by atoms with van der Waals surface area (Å²) in [6, 6.07) is 7.47. The molecule has 0 radical (unpaired) electrons. The molecule has 0 bridgehead atoms. The molecule has 0 amide bonds. The topological polar surface area (TPSA) is 46.5 Å². The Balaban J connectivity index is 2.56. The minimum atomic E-state index is -3.35. The Morgan fingerprint density at radius 1 is 1.25 bits per heavy atom. The Morgan fingerprint density at radius 2 is 2.00 bits per heavy atom. The summed E-state index contributed by atoms with van der Waals surface area (Å²) in [5, 5.41) is 0. The van der Waals surface area contributed by atoms with Crippen LogP contribution in [0.5, 0.6) is 0 Å². The van der Waals surface area contributed by atoms with Gasteiger partial charge in [0, 0.05) is 0 Å². The van der Waals surface area contributed by atoms with Crippen LogP contribution < -0.4 is 0 Å². The SMILES string of the molecule is [O]=[Ti](=[O])[SH]1N=Cc2ccccc21. The van der Waals surface area contributed by atoms with Crippen molar-refractivity contribution in [1.82, 2.24) is 0 Å². The molecule has 1 aromatic carbocycles. The van der Waals surface area contributed by atoms with E-state index >= 15 is 0 Å². The molecule has 0 spiro atoms. The van der Waals surface area contributed by atoms with Gasteiger partial charge in [0.05, 0.1) is 0 Å². The van der Waals surface area contributed by atoms with E-state index in [-0.39, 0.29) is 0 Å². The fourth-order valence-electron chi connectivity index (χ4n) is 1.12. The minimum absolute atomic E-state index is 0.896. The molecule has 0 saturated heterocycles. The van der Waals surface area contributed by atoms with Gasteiger partial charge in [-0.3, -0.25) is 0 Å². The molecule has 1 aliphatic heterocycles. The molecule has 3 nitrogen and oxygen atoms in total. The van der Waals surface area contributed by atoms with Crippen LogP contribution in [0.4, 0.5) is 0 Å². The number of nitrogens with zero attached hydrogens (tertiary/aromatic N) is 1. The quantitative estimate of drug-likeness (QED) is 0.572. The van der Waals surface area contributed by atoms with Crippen LogP contribution in [0.25, 0.3) is 0 Å². The number of hydrogen-bond donors (Lipinski definition) is 1. The monoisotopic (exact) mass is 216 g/mol. The fraction of sp³-hybridized carbons (Fsp3) is 0. The number of fused-ring (bicyclic) bond motifs is 1. The molecule has 1 unspecified atom stereocenters. The van der Waals surface area contributed by atoms with Gasteiger partial charge in [-0.15, -0.1) is 0 Å². The normalized spacial score (nSPS) is 22.2. The second-order valence-corrected chi connectivity index (χ2v) is 8.04. The third-order valence-corrected chi connectivity index (χ3v) is 6.50. The van der Waals surface area contributed by atoms with Crippen LogP contribution in [0, 0.1) is 0 Å². The second kappa shape index (κ2) is 3.13. The van der Waals surface area contributed by atoms with E-state index in [9.17, 15) is 6.65 Å². The van der Waals surface area contributed by atoms with Gasteiger partial charge >= 0.3 is 77.2 Å². The van der Waals surface area contributed by atoms with Crippen molar-refractivity contribution < 1.29 is 23.2 Å². The summed E-state index contributed by atoms with van der Waals surface area (Å²) in [4.78, 5) is 0.896. The first-order valence-electron chi connectivity index (χ1n) is 3.43. The van der Waals surface area contributed by atoms with Crippen molar-refractivity contribution in [3.05, 3.63) is 29.8 Å². The van der Waals surface area contributed by atoms with Gasteiger partial charge in [0.2, 0.25) is 0 Å². The zero-order chi connectivity index (χ0) is 8.55. The van der Waals surface area contributed by atoms with Gasteiger partial charge in [-0.05, 0) is 0 Å². The molecule has 1 aromatic rings. The maximum atomic E-state index is 10.8. The van der Waals surface area contributed by atoms with Crippen molar-refractivity contribution in [3.8, 4) is 0 Å². The van der Waals surface area contributed by atoms with Gasteiger partial charge in [-0.1, -0.05) is 0 Å². The molecule has 0 aliphatic carbocycles. The Kier molecular flexibility index (Phi) is 2.13. The van der Waals surface area contributed by atoms with Crippen LogP contribution in [0.2, 0.25) is 0 Å². The van der Waals surface area contributed by atoms with E-state index in [1.165, 1.54) is 0 Å². The first kappa shape index (κ1) is 8.17. The predicted molar refractivity (Wildman–Crippen MR) is 42.7 cm³/mol. The molecule has 61 valence electrons. The number of rotatable bonds is 1. The maximum absolute atomic E-state index is 10.8. The molecular weight excluding hydrogens is 210 g/mol. The van der Waals surface area contributed by atoms with Crippen molar-refractivity contribution in [2.45, 2.75) is 4.90 Å². The van der Waals surface area contributed by atoms with Gasteiger partial charge in [0.25, 0.3) is 0 Å². The van der Waals surface area contributed by atoms with E-state index in [2.05, 4.69) is 4.40 Å². The van der Waals surface area contributed by atoms with Gasteiger partial charge in [-0.25, -0.2) is 0 Å². The van der Waals surface area contributed by atoms with Crippen LogP contribution in [-0.4, -0.2) is 6.21 Å². The van der Waals surface area contributed by atoms with E-state index in [4.69, 9.17) is 0 Å². The molecule has 0 N–H and O–H groups in total. The molecule has 5 heteroatoms. The average Bonchev–Trinajstić information content (AvgIpc) is 2.47. The standard InChI is InChI=1S/C7H5NS.2O.Ti/c1-2-4-7-6(3-1)5-8-9-7;;;/h1-5H;;;/q;;;-1/p+1. The second-order valence-electron chi connectivity index (χ2n) is 2.38. The predicted octanol–water partition coefficient (Wildman–Crippen LogP) is 1.62. The summed E-state index contributed by atoms with van der Waals surface area (Å²) in [6.07, 6.45) is 1.66. The zero-order valence-electron chi connectivity index (χ0n) is 6.10. The summed E-state index contributed by atoms with van der Waals surface area (Å²) >= 11 is -3.35. The average molecular weight is 216 g/mol. The Morgan fingerprint density at radius 3 is 2.75 bits per heavy atom. The molecule has 0 fully saturated rings. The number of thiol groups is 1. The summed E-state index contributed by atoms with van der Waals surface area (Å²) in [7, 11) is -1.19. The zero-order valence-corrected chi connectivity index (χ0v) is 8.55. The van der Waals surface area contributed by atoms with Crippen LogP contribution in [0.3, 0.4) is 0 Å². The third-order valence-electron chi connectivity index (χ3n) is 1.65. The molecule has 1 atom stereocenters. The van der Waals surface area contributed by atoms with E-state index in [0.717, 1.165) is 10.5 Å². The van der Waals surface area contributed by atoms with E-state index in [1.54, 1.807) is 6.21 Å². The van der Waals surface area contributed by atoms with E-state index in [1.807, 2.05) is 24.3 Å². The Hall–Kier alpha value is -0.446. The molecule has 1 heterocycles. The van der Waals surface area contributed by atoms with Gasteiger partial charge in [0.15, 0.2) is 0 Å². The Labute approximate surface area is 77.1 Å². The van der Waals surface area contributed by atoms with Crippen LogP contribution in [-0.2, 0) is 23.2 Å². The fourth-order valence-corrected chi connectivity index (χ4v) is 4.96. The van der Waals surface area contributed by atoms with E-state index < -0.39 is 25.2 Å². The molecule has 0 saturated carbocycles. The Bertz CT molecular complexity index is 406. The summed E-state index contributed by atoms with van der Waals surface area (Å²) in [5.74, 6) is 0. The van der Waals surface area contributed by atoms with Gasteiger partial charge in [-0.2, -0.15) is 0 Å². The summed E-state index contributed by atoms with van der Waals surface area (Å²) < 4.78 is 25.6. The van der Waals surface area contributed by atoms with Crippen LogP contribution in [0.15, 0.2) is 33.6 Å². The molecule has 2 rings (SSSR count). The van der Waals surface area contributed by atoms with E-state index in [0.29, 0.717) is 0 Å². The summed E-state index contributed by atoms with van der Waals surface area (Å²) in [6.45, 7) is 0. The number of hydrogen-bond acceptors (Lipinski definition) is 3. The van der Waals surface area contributed by atoms with Crippen LogP contribution >= 0.6 is 8.67 Å². The molecular formula is C7H6NO2STi. The molecule has 1 aliphatic rings. The third kappa shape index (κ3) is 1.26. The molecule has 0 aromatic heterocycles. The first-order chi connectivity index (χ1) is 5.79. The van der Waals surface area contributed by atoms with Crippen molar-refractivity contribution in [1.29, 1.82) is 0 Å². The van der Waals surface area contributed by atoms with Gasteiger partial charge < -0.3 is 0 Å². The summed E-state index contributed by atoms with van der Waals surface area (Å²) in [5.41, 5.74) is 0.959. The van der Waals surface area contributed by atoms with Crippen molar-refractivity contribution in [2.24, 2.45) is 4.40 Å². The van der Waals surface area contributed by atoms with Gasteiger partial charge in [0.1, 0.15) is 0 Å². The van der Waals surface area contributed by atoms with Crippen LogP contribution in [0.1, 0.15) is 5.56 Å². The first-order valence-corrected chi connectivity index (χ1v) is 8.09. The van der Waals surface area contributed by atoms with Crippen molar-refractivity contribution in [2.75, 3.05) is 0 Å². The number of benzene rings is 1.